The second kappa shape index (κ2) is 6.04. The Kier molecular flexibility index (Phi) is 5.28. The van der Waals surface area contributed by atoms with Gasteiger partial charge in [0.15, 0.2) is 0 Å². The molecule has 20 heavy (non-hydrogen) atoms. The summed E-state index contributed by atoms with van der Waals surface area (Å²) in [4.78, 5) is 0. The van der Waals surface area contributed by atoms with Crippen LogP contribution in [0.4, 0.5) is 0 Å². The molecule has 0 heterocycles. The van der Waals surface area contributed by atoms with E-state index >= 15 is 0 Å². The minimum absolute atomic E-state index is 0.0289. The molecule has 114 valence electrons. The van der Waals surface area contributed by atoms with E-state index in [4.69, 9.17) is 11.6 Å². The molecule has 0 saturated heterocycles. The van der Waals surface area contributed by atoms with Gasteiger partial charge in [0.1, 0.15) is 0 Å². The van der Waals surface area contributed by atoms with Gasteiger partial charge in [0.2, 0.25) is 10.0 Å². The zero-order chi connectivity index (χ0) is 15.7. The zero-order valence-corrected chi connectivity index (χ0v) is 14.6. The summed E-state index contributed by atoms with van der Waals surface area (Å²) in [6.07, 6.45) is 0. The number of nitrogens with zero attached hydrogens (tertiary/aromatic N) is 1. The topological polar surface area (TPSA) is 37.4 Å². The SMILES string of the molecule is CC(CS(=O)(=O)N(C)C)c1ccc(C(C)(C)C)cc1Cl. The molecule has 3 nitrogen and oxygen atoms in total. The minimum atomic E-state index is -3.23. The molecule has 0 fully saturated rings. The maximum atomic E-state index is 11.9. The quantitative estimate of drug-likeness (QED) is 0.850. The Morgan fingerprint density at radius 1 is 1.25 bits per heavy atom. The highest BCUT2D eigenvalue weighted by Crippen LogP contribution is 2.31. The van der Waals surface area contributed by atoms with Gasteiger partial charge in [0.25, 0.3) is 0 Å². The Balaban J connectivity index is 3.04. The van der Waals surface area contributed by atoms with Gasteiger partial charge in [0.05, 0.1) is 5.75 Å². The summed E-state index contributed by atoms with van der Waals surface area (Å²) < 4.78 is 25.1. The van der Waals surface area contributed by atoms with Crippen LogP contribution in [0, 0.1) is 0 Å². The predicted octanol–water partition coefficient (Wildman–Crippen LogP) is 3.63. The molecule has 0 amide bonds. The van der Waals surface area contributed by atoms with Crippen molar-refractivity contribution in [2.24, 2.45) is 0 Å². The van der Waals surface area contributed by atoms with Crippen LogP contribution in [-0.2, 0) is 15.4 Å². The first-order valence-electron chi connectivity index (χ1n) is 6.65. The molecule has 0 aromatic heterocycles. The third-order valence-corrected chi connectivity index (χ3v) is 5.78. The molecule has 0 spiro atoms. The summed E-state index contributed by atoms with van der Waals surface area (Å²) in [5.41, 5.74) is 2.06. The van der Waals surface area contributed by atoms with Gasteiger partial charge >= 0.3 is 0 Å². The Hall–Kier alpha value is -0.580. The number of hydrogen-bond donors (Lipinski definition) is 0. The monoisotopic (exact) mass is 317 g/mol. The molecule has 1 rings (SSSR count). The lowest BCUT2D eigenvalue weighted by atomic mass is 9.86. The molecule has 0 saturated carbocycles. The van der Waals surface area contributed by atoms with E-state index in [0.717, 1.165) is 11.1 Å². The van der Waals surface area contributed by atoms with Crippen LogP contribution < -0.4 is 0 Å². The predicted molar refractivity (Wildman–Crippen MR) is 86.0 cm³/mol. The minimum Gasteiger partial charge on any atom is -0.212 e. The van der Waals surface area contributed by atoms with Crippen molar-refractivity contribution in [1.82, 2.24) is 4.31 Å². The molecule has 1 aromatic carbocycles. The van der Waals surface area contributed by atoms with Crippen molar-refractivity contribution in [2.45, 2.75) is 39.0 Å². The summed E-state index contributed by atoms with van der Waals surface area (Å²) in [5, 5.41) is 0.638. The van der Waals surface area contributed by atoms with Crippen LogP contribution in [0.5, 0.6) is 0 Å². The van der Waals surface area contributed by atoms with Crippen molar-refractivity contribution in [3.05, 3.63) is 34.3 Å². The lowest BCUT2D eigenvalue weighted by Gasteiger charge is -2.22. The molecule has 1 aromatic rings. The van der Waals surface area contributed by atoms with Crippen LogP contribution >= 0.6 is 11.6 Å². The first-order chi connectivity index (χ1) is 8.95. The van der Waals surface area contributed by atoms with Gasteiger partial charge < -0.3 is 0 Å². The van der Waals surface area contributed by atoms with Crippen molar-refractivity contribution < 1.29 is 8.42 Å². The van der Waals surface area contributed by atoms with Crippen molar-refractivity contribution >= 4 is 21.6 Å². The largest absolute Gasteiger partial charge is 0.214 e. The molecule has 1 atom stereocenters. The molecule has 0 N–H and O–H groups in total. The summed E-state index contributed by atoms with van der Waals surface area (Å²) >= 11 is 6.33. The van der Waals surface area contributed by atoms with Gasteiger partial charge in [-0.15, -0.1) is 0 Å². The molecule has 1 unspecified atom stereocenters. The Morgan fingerprint density at radius 2 is 1.80 bits per heavy atom. The summed E-state index contributed by atoms with van der Waals surface area (Å²) in [7, 11) is -0.130. The number of hydrogen-bond acceptors (Lipinski definition) is 2. The fourth-order valence-electron chi connectivity index (χ4n) is 1.95. The summed E-state index contributed by atoms with van der Waals surface area (Å²) in [6, 6.07) is 5.91. The zero-order valence-electron chi connectivity index (χ0n) is 13.1. The summed E-state index contributed by atoms with van der Waals surface area (Å²) in [5.74, 6) is -0.0712. The van der Waals surface area contributed by atoms with E-state index in [9.17, 15) is 8.42 Å². The van der Waals surface area contributed by atoms with Gasteiger partial charge in [-0.1, -0.05) is 51.4 Å². The van der Waals surface area contributed by atoms with Crippen molar-refractivity contribution in [3.8, 4) is 0 Å². The van der Waals surface area contributed by atoms with E-state index < -0.39 is 10.0 Å². The Bertz CT molecular complexity index is 574. The van der Waals surface area contributed by atoms with E-state index in [-0.39, 0.29) is 17.1 Å². The second-order valence-electron chi connectivity index (χ2n) is 6.45. The van der Waals surface area contributed by atoms with Gasteiger partial charge in [-0.3, -0.25) is 0 Å². The van der Waals surface area contributed by atoms with E-state index in [1.165, 1.54) is 4.31 Å². The van der Waals surface area contributed by atoms with Crippen molar-refractivity contribution in [2.75, 3.05) is 19.8 Å². The average molecular weight is 318 g/mol. The van der Waals surface area contributed by atoms with Crippen LogP contribution in [0.15, 0.2) is 18.2 Å². The molecular weight excluding hydrogens is 294 g/mol. The number of halogens is 1. The van der Waals surface area contributed by atoms with Crippen LogP contribution in [-0.4, -0.2) is 32.6 Å². The molecule has 0 radical (unpaired) electrons. The maximum absolute atomic E-state index is 11.9. The van der Waals surface area contributed by atoms with Crippen molar-refractivity contribution in [1.29, 1.82) is 0 Å². The van der Waals surface area contributed by atoms with Gasteiger partial charge in [-0.05, 0) is 28.5 Å². The maximum Gasteiger partial charge on any atom is 0.214 e. The highest BCUT2D eigenvalue weighted by atomic mass is 35.5. The standard InChI is InChI=1S/C15H24ClNO2S/c1-11(10-20(18,19)17(5)6)13-8-7-12(9-14(13)16)15(2,3)4/h7-9,11H,10H2,1-6H3. The van der Waals surface area contributed by atoms with E-state index in [1.807, 2.05) is 25.1 Å². The third-order valence-electron chi connectivity index (χ3n) is 3.41. The first-order valence-corrected chi connectivity index (χ1v) is 8.64. The number of sulfonamides is 1. The average Bonchev–Trinajstić information content (AvgIpc) is 2.26. The first kappa shape index (κ1) is 17.5. The molecule has 0 aliphatic heterocycles. The van der Waals surface area contributed by atoms with Gasteiger partial charge in [-0.2, -0.15) is 0 Å². The Labute approximate surface area is 128 Å². The van der Waals surface area contributed by atoms with Crippen molar-refractivity contribution in [3.63, 3.8) is 0 Å². The van der Waals surface area contributed by atoms with Gasteiger partial charge in [-0.25, -0.2) is 12.7 Å². The van der Waals surface area contributed by atoms with Crippen LogP contribution in [0.1, 0.15) is 44.7 Å². The third kappa shape index (κ3) is 4.21. The van der Waals surface area contributed by atoms with Gasteiger partial charge in [0, 0.05) is 19.1 Å². The van der Waals surface area contributed by atoms with E-state index in [1.54, 1.807) is 14.1 Å². The lowest BCUT2D eigenvalue weighted by Crippen LogP contribution is -2.27. The molecular formula is C15H24ClNO2S. The fourth-order valence-corrected chi connectivity index (χ4v) is 3.42. The fraction of sp³-hybridized carbons (Fsp3) is 0.600. The van der Waals surface area contributed by atoms with Crippen LogP contribution in [0.2, 0.25) is 5.02 Å². The normalized spacial score (nSPS) is 14.6. The lowest BCUT2D eigenvalue weighted by molar-refractivity contribution is 0.516. The van der Waals surface area contributed by atoms with E-state index in [0.29, 0.717) is 5.02 Å². The highest BCUT2D eigenvalue weighted by molar-refractivity contribution is 7.89. The molecule has 0 aliphatic carbocycles. The number of benzene rings is 1. The highest BCUT2D eigenvalue weighted by Gasteiger charge is 2.22. The molecule has 0 bridgehead atoms. The van der Waals surface area contributed by atoms with E-state index in [2.05, 4.69) is 20.8 Å². The smallest absolute Gasteiger partial charge is 0.212 e. The molecule has 0 aliphatic rings. The van der Waals surface area contributed by atoms with Crippen LogP contribution in [0.25, 0.3) is 0 Å². The number of rotatable bonds is 4. The Morgan fingerprint density at radius 3 is 2.20 bits per heavy atom. The summed E-state index contributed by atoms with van der Waals surface area (Å²) in [6.45, 7) is 8.26. The van der Waals surface area contributed by atoms with Crippen LogP contribution in [0.3, 0.4) is 0 Å². The molecule has 5 heteroatoms. The second-order valence-corrected chi connectivity index (χ2v) is 9.08.